The number of thiophene rings is 1. The average Bonchev–Trinajstić information content (AvgIpc) is 3.07. The highest BCUT2D eigenvalue weighted by Gasteiger charge is 2.21. The van der Waals surface area contributed by atoms with E-state index in [4.69, 9.17) is 25.1 Å². The van der Waals surface area contributed by atoms with Crippen LogP contribution in [0.25, 0.3) is 10.2 Å². The predicted molar refractivity (Wildman–Crippen MR) is 105 cm³/mol. The van der Waals surface area contributed by atoms with E-state index in [0.717, 1.165) is 22.7 Å². The average molecular weight is 408 g/mol. The molecule has 4 rings (SSSR count). The number of piperidine rings is 1. The lowest BCUT2D eigenvalue weighted by Crippen LogP contribution is -2.38. The zero-order valence-corrected chi connectivity index (χ0v) is 15.5. The van der Waals surface area contributed by atoms with Gasteiger partial charge in [-0.15, -0.1) is 11.3 Å². The Kier molecular flexibility index (Phi) is 3.52. The van der Waals surface area contributed by atoms with Gasteiger partial charge in [-0.3, -0.25) is 4.90 Å². The molecular weight excluding hydrogens is 385 g/mol. The Morgan fingerprint density at radius 2 is 2.33 bits per heavy atom. The van der Waals surface area contributed by atoms with E-state index in [1.165, 1.54) is 6.33 Å². The maximum absolute atomic E-state index is 13.9. The van der Waals surface area contributed by atoms with Gasteiger partial charge in [-0.25, -0.2) is 14.4 Å². The lowest BCUT2D eigenvalue weighted by molar-refractivity contribution is 0.211. The van der Waals surface area contributed by atoms with Crippen LogP contribution in [0.3, 0.4) is 0 Å². The summed E-state index contributed by atoms with van der Waals surface area (Å²) in [6, 6.07) is 0.233. The van der Waals surface area contributed by atoms with Gasteiger partial charge < -0.3 is 5.31 Å². The van der Waals surface area contributed by atoms with Crippen LogP contribution in [0.2, 0.25) is 5.75 Å². The summed E-state index contributed by atoms with van der Waals surface area (Å²) in [7, 11) is 0. The third-order valence-electron chi connectivity index (χ3n) is 4.12. The van der Waals surface area contributed by atoms with Crippen LogP contribution in [0.5, 0.6) is 0 Å². The molecule has 0 bridgehead atoms. The molecule has 1 aliphatic heterocycles. The fourth-order valence-electron chi connectivity index (χ4n) is 2.79. The van der Waals surface area contributed by atoms with Gasteiger partial charge in [0.15, 0.2) is 1.41 Å². The smallest absolute Gasteiger partial charge is 0.162 e. The van der Waals surface area contributed by atoms with Gasteiger partial charge >= 0.3 is 0 Å². The van der Waals surface area contributed by atoms with E-state index in [2.05, 4.69) is 9.97 Å². The van der Waals surface area contributed by atoms with Crippen LogP contribution in [-0.2, 0) is 6.52 Å². The Morgan fingerprint density at radius 3 is 3.11 bits per heavy atom. The maximum Gasteiger partial charge on any atom is 0.162 e. The number of nitrogens with zero attached hydrogens (tertiary/aromatic N) is 4. The van der Waals surface area contributed by atoms with Crippen molar-refractivity contribution in [1.29, 1.82) is 5.26 Å². The minimum Gasteiger partial charge on any atom is -0.367 e. The molecule has 0 saturated carbocycles. The zero-order valence-electron chi connectivity index (χ0n) is 20.0. The lowest BCUT2D eigenvalue weighted by Gasteiger charge is -2.32. The van der Waals surface area contributed by atoms with Crippen molar-refractivity contribution >= 4 is 39.0 Å². The number of hydrogen-bond donors (Lipinski definition) is 1. The Morgan fingerprint density at radius 1 is 1.52 bits per heavy atom. The molecule has 1 fully saturated rings. The summed E-state index contributed by atoms with van der Waals surface area (Å²) < 4.78 is 64.3. The number of anilines is 1. The van der Waals surface area contributed by atoms with Crippen molar-refractivity contribution in [3.05, 3.63) is 51.8 Å². The first-order chi connectivity index (χ1) is 15.6. The van der Waals surface area contributed by atoms with Gasteiger partial charge in [0.25, 0.3) is 0 Å². The first-order valence-electron chi connectivity index (χ1n) is 11.2. The molecule has 1 aliphatic rings. The molecule has 138 valence electrons. The molecule has 5 nitrogen and oxygen atoms in total. The van der Waals surface area contributed by atoms with Crippen molar-refractivity contribution in [3.63, 3.8) is 0 Å². The maximum atomic E-state index is 13.9. The molecular formula is C19H17ClFN5S. The number of hydrogen-bond acceptors (Lipinski definition) is 6. The van der Waals surface area contributed by atoms with Gasteiger partial charge in [0.05, 0.1) is 20.8 Å². The third-order valence-corrected chi connectivity index (χ3v) is 5.23. The molecule has 1 unspecified atom stereocenters. The Labute approximate surface area is 173 Å². The van der Waals surface area contributed by atoms with Gasteiger partial charge in [-0.05, 0) is 36.6 Å². The van der Waals surface area contributed by atoms with E-state index in [1.807, 2.05) is 0 Å². The molecule has 1 aromatic carbocycles. The van der Waals surface area contributed by atoms with Crippen molar-refractivity contribution in [2.24, 2.45) is 0 Å². The van der Waals surface area contributed by atoms with Crippen molar-refractivity contribution < 1.29 is 12.7 Å². The number of fused-ring (bicyclic) bond motifs is 1. The summed E-state index contributed by atoms with van der Waals surface area (Å²) in [5.41, 5.74) is -0.576. The lowest BCUT2D eigenvalue weighted by atomic mass is 10.0. The standard InChI is InChI=1S/C19H17ClFN5S/c20-17-8-15-18(23-11-24-19(15)27-17)25-14-3-5-26(6-4-14)10-12-1-2-16(21)13(7-12)9-22/h1-2,7-8,11,14H,3-6,10H2,(H,23,24,25)/i1D,7D,8D,10D,14D/hD. The molecule has 27 heavy (non-hydrogen) atoms. The number of nitriles is 1. The SMILES string of the molecule is [2H]c1cc(F)c(C#N)c([2H])c1C([2H])N1CCC([2H])(N([2H])c2ncnc3sc(Cl)c([2H])c23)CC1. The summed E-state index contributed by atoms with van der Waals surface area (Å²) in [6.45, 7) is -0.808. The van der Waals surface area contributed by atoms with Crippen molar-refractivity contribution in [2.75, 3.05) is 18.4 Å². The molecule has 0 spiro atoms. The first kappa shape index (κ1) is 12.2. The summed E-state index contributed by atoms with van der Waals surface area (Å²) in [6.07, 6.45) is 1.53. The molecule has 2 aromatic heterocycles. The van der Waals surface area contributed by atoms with Gasteiger partial charge in [0.1, 0.15) is 28.9 Å². The number of likely N-dealkylation sites (tertiary alicyclic amines) is 1. The second-order valence-corrected chi connectivity index (χ2v) is 7.48. The van der Waals surface area contributed by atoms with Crippen LogP contribution >= 0.6 is 22.9 Å². The molecule has 0 aliphatic carbocycles. The second kappa shape index (κ2) is 7.77. The van der Waals surface area contributed by atoms with Crippen LogP contribution in [0, 0.1) is 17.1 Å². The van der Waals surface area contributed by atoms with Gasteiger partial charge in [-0.1, -0.05) is 17.6 Å². The van der Waals surface area contributed by atoms with Gasteiger partial charge in [0, 0.05) is 27.0 Å². The topological polar surface area (TPSA) is 64.8 Å². The van der Waals surface area contributed by atoms with Crippen LogP contribution in [0.1, 0.15) is 30.8 Å². The van der Waals surface area contributed by atoms with Crippen molar-refractivity contribution in [2.45, 2.75) is 25.4 Å². The van der Waals surface area contributed by atoms with E-state index in [0.29, 0.717) is 10.2 Å². The molecule has 8 heteroatoms. The fourth-order valence-corrected chi connectivity index (χ4v) is 3.77. The number of benzene rings is 1. The highest BCUT2D eigenvalue weighted by molar-refractivity contribution is 7.22. The van der Waals surface area contributed by atoms with Crippen LogP contribution in [0.4, 0.5) is 10.2 Å². The highest BCUT2D eigenvalue weighted by Crippen LogP contribution is 2.32. The van der Waals surface area contributed by atoms with E-state index < -0.39 is 30.0 Å². The quantitative estimate of drug-likeness (QED) is 0.692. The third kappa shape index (κ3) is 4.03. The van der Waals surface area contributed by atoms with Crippen LogP contribution in [-0.4, -0.2) is 34.0 Å². The number of aromatic nitrogens is 2. The minimum absolute atomic E-state index is 0.00679. The van der Waals surface area contributed by atoms with Gasteiger partial charge in [0.2, 0.25) is 0 Å². The summed E-state index contributed by atoms with van der Waals surface area (Å²) >= 11 is 7.16. The van der Waals surface area contributed by atoms with Crippen LogP contribution in [0.15, 0.2) is 30.5 Å². The van der Waals surface area contributed by atoms with E-state index in [9.17, 15) is 4.39 Å². The summed E-state index contributed by atoms with van der Waals surface area (Å²) in [4.78, 5) is 10.3. The Balaban J connectivity index is 1.58. The predicted octanol–water partition coefficient (Wildman–Crippen LogP) is 4.43. The molecule has 1 saturated heterocycles. The molecule has 1 atom stereocenters. The summed E-state index contributed by atoms with van der Waals surface area (Å²) in [5.74, 6) is -0.853. The van der Waals surface area contributed by atoms with E-state index in [-0.39, 0.29) is 53.7 Å². The van der Waals surface area contributed by atoms with E-state index in [1.54, 1.807) is 11.0 Å². The highest BCUT2D eigenvalue weighted by atomic mass is 35.5. The number of rotatable bonds is 4. The molecule has 0 radical (unpaired) electrons. The van der Waals surface area contributed by atoms with Gasteiger partial charge in [-0.2, -0.15) is 5.26 Å². The monoisotopic (exact) mass is 407 g/mol. The summed E-state index contributed by atoms with van der Waals surface area (Å²) in [5, 5.41) is 10.4. The number of nitrogens with one attached hydrogen (secondary N) is 1. The van der Waals surface area contributed by atoms with E-state index >= 15 is 0 Å². The van der Waals surface area contributed by atoms with Crippen molar-refractivity contribution in [1.82, 2.24) is 14.9 Å². The number of halogens is 2. The Hall–Kier alpha value is -2.27. The first-order valence-corrected chi connectivity index (χ1v) is 9.33. The minimum atomic E-state index is -1.41. The Bertz CT molecular complexity index is 1280. The molecule has 3 heterocycles. The second-order valence-electron chi connectivity index (χ2n) is 5.88. The fraction of sp³-hybridized carbons (Fsp3) is 0.316. The molecule has 0 amide bonds. The molecule has 1 N–H and O–H groups in total. The largest absolute Gasteiger partial charge is 0.367 e. The molecule has 3 aromatic rings. The zero-order chi connectivity index (χ0) is 24.1. The normalized spacial score (nSPS) is 21.2. The van der Waals surface area contributed by atoms with Crippen LogP contribution < -0.4 is 5.31 Å². The van der Waals surface area contributed by atoms with Crippen molar-refractivity contribution in [3.8, 4) is 6.07 Å².